The molecule has 0 fully saturated rings. The number of aryl methyl sites for hydroxylation is 1. The molecule has 0 saturated heterocycles. The van der Waals surface area contributed by atoms with Gasteiger partial charge in [0.05, 0.1) is 6.10 Å². The van der Waals surface area contributed by atoms with Crippen LogP contribution in [0.15, 0.2) is 24.3 Å². The highest BCUT2D eigenvalue weighted by Gasteiger charge is 2.28. The zero-order valence-corrected chi connectivity index (χ0v) is 10.3. The molecule has 1 nitrogen and oxygen atoms in total. The molecule has 0 heterocycles. The van der Waals surface area contributed by atoms with Gasteiger partial charge in [-0.2, -0.15) is 0 Å². The summed E-state index contributed by atoms with van der Waals surface area (Å²) in [5.74, 6) is 1.01. The van der Waals surface area contributed by atoms with E-state index < -0.39 is 0 Å². The highest BCUT2D eigenvalue weighted by molar-refractivity contribution is 5.35. The third-order valence-electron chi connectivity index (χ3n) is 3.98. The minimum absolute atomic E-state index is 0.154. The lowest BCUT2D eigenvalue weighted by atomic mass is 9.88. The Bertz CT molecular complexity index is 345. The predicted molar refractivity (Wildman–Crippen MR) is 67.6 cm³/mol. The molecule has 0 amide bonds. The highest BCUT2D eigenvalue weighted by Crippen LogP contribution is 2.37. The van der Waals surface area contributed by atoms with E-state index in [0.717, 1.165) is 25.7 Å². The first-order chi connectivity index (χ1) is 7.72. The SMILES string of the molecule is CCC(C)CC(O)C1CCc2ccccc21. The normalized spacial score (nSPS) is 22.8. The number of fused-ring (bicyclic) bond motifs is 1. The first-order valence-electron chi connectivity index (χ1n) is 6.48. The van der Waals surface area contributed by atoms with Gasteiger partial charge in [0, 0.05) is 5.92 Å². The molecule has 1 aromatic carbocycles. The lowest BCUT2D eigenvalue weighted by Gasteiger charge is -2.22. The summed E-state index contributed by atoms with van der Waals surface area (Å²) in [7, 11) is 0. The number of benzene rings is 1. The van der Waals surface area contributed by atoms with Gasteiger partial charge in [0.1, 0.15) is 0 Å². The Hall–Kier alpha value is -0.820. The van der Waals surface area contributed by atoms with E-state index in [4.69, 9.17) is 0 Å². The third-order valence-corrected chi connectivity index (χ3v) is 3.98. The van der Waals surface area contributed by atoms with Crippen molar-refractivity contribution in [1.29, 1.82) is 0 Å². The van der Waals surface area contributed by atoms with E-state index in [1.165, 1.54) is 11.1 Å². The summed E-state index contributed by atoms with van der Waals surface area (Å²) in [5, 5.41) is 10.3. The van der Waals surface area contributed by atoms with Crippen LogP contribution in [-0.2, 0) is 6.42 Å². The smallest absolute Gasteiger partial charge is 0.0611 e. The van der Waals surface area contributed by atoms with Gasteiger partial charge in [-0.3, -0.25) is 0 Å². The quantitative estimate of drug-likeness (QED) is 0.820. The van der Waals surface area contributed by atoms with Crippen molar-refractivity contribution >= 4 is 0 Å². The van der Waals surface area contributed by atoms with Crippen LogP contribution in [0.1, 0.15) is 50.2 Å². The molecule has 88 valence electrons. The van der Waals surface area contributed by atoms with E-state index >= 15 is 0 Å². The summed E-state index contributed by atoms with van der Waals surface area (Å²) in [4.78, 5) is 0. The Kier molecular flexibility index (Phi) is 3.65. The summed E-state index contributed by atoms with van der Waals surface area (Å²) >= 11 is 0. The molecule has 0 saturated carbocycles. The first kappa shape index (κ1) is 11.7. The van der Waals surface area contributed by atoms with Crippen LogP contribution >= 0.6 is 0 Å². The standard InChI is InChI=1S/C15H22O/c1-3-11(2)10-15(16)14-9-8-12-6-4-5-7-13(12)14/h4-7,11,14-16H,3,8-10H2,1-2H3. The topological polar surface area (TPSA) is 20.2 Å². The number of hydrogen-bond acceptors (Lipinski definition) is 1. The summed E-state index contributed by atoms with van der Waals surface area (Å²) in [6, 6.07) is 8.58. The van der Waals surface area contributed by atoms with Crippen LogP contribution in [0.5, 0.6) is 0 Å². The molecule has 3 unspecified atom stereocenters. The van der Waals surface area contributed by atoms with Crippen molar-refractivity contribution < 1.29 is 5.11 Å². The van der Waals surface area contributed by atoms with Gasteiger partial charge in [-0.15, -0.1) is 0 Å². The molecule has 0 spiro atoms. The van der Waals surface area contributed by atoms with Gasteiger partial charge in [-0.05, 0) is 36.3 Å². The van der Waals surface area contributed by atoms with Crippen LogP contribution in [0.3, 0.4) is 0 Å². The lowest BCUT2D eigenvalue weighted by molar-refractivity contribution is 0.115. The lowest BCUT2D eigenvalue weighted by Crippen LogP contribution is -2.19. The zero-order valence-electron chi connectivity index (χ0n) is 10.3. The summed E-state index contributed by atoms with van der Waals surface area (Å²) in [6.07, 6.45) is 4.20. The van der Waals surface area contributed by atoms with Gasteiger partial charge in [0.15, 0.2) is 0 Å². The second kappa shape index (κ2) is 5.01. The van der Waals surface area contributed by atoms with Gasteiger partial charge in [-0.1, -0.05) is 44.5 Å². The molecule has 3 atom stereocenters. The van der Waals surface area contributed by atoms with Crippen LogP contribution in [0.2, 0.25) is 0 Å². The average Bonchev–Trinajstić information content (AvgIpc) is 2.72. The fourth-order valence-corrected chi connectivity index (χ4v) is 2.73. The molecule has 0 aromatic heterocycles. The van der Waals surface area contributed by atoms with Crippen LogP contribution in [0.25, 0.3) is 0 Å². The predicted octanol–water partition coefficient (Wildman–Crippen LogP) is 3.51. The van der Waals surface area contributed by atoms with Crippen molar-refractivity contribution in [3.8, 4) is 0 Å². The minimum atomic E-state index is -0.154. The van der Waals surface area contributed by atoms with Crippen molar-refractivity contribution in [2.24, 2.45) is 5.92 Å². The molecular formula is C15H22O. The zero-order chi connectivity index (χ0) is 11.5. The molecule has 1 aromatic rings. The van der Waals surface area contributed by atoms with Crippen molar-refractivity contribution in [2.45, 2.75) is 51.6 Å². The third kappa shape index (κ3) is 2.30. The maximum Gasteiger partial charge on any atom is 0.0611 e. The fourth-order valence-electron chi connectivity index (χ4n) is 2.73. The Labute approximate surface area is 98.5 Å². The van der Waals surface area contributed by atoms with E-state index in [0.29, 0.717) is 11.8 Å². The van der Waals surface area contributed by atoms with E-state index in [-0.39, 0.29) is 6.10 Å². The Balaban J connectivity index is 2.07. The van der Waals surface area contributed by atoms with Gasteiger partial charge in [0.25, 0.3) is 0 Å². The maximum atomic E-state index is 10.3. The Morgan fingerprint density at radius 2 is 2.12 bits per heavy atom. The van der Waals surface area contributed by atoms with Gasteiger partial charge < -0.3 is 5.11 Å². The van der Waals surface area contributed by atoms with Crippen LogP contribution in [0, 0.1) is 5.92 Å². The van der Waals surface area contributed by atoms with Gasteiger partial charge in [-0.25, -0.2) is 0 Å². The fraction of sp³-hybridized carbons (Fsp3) is 0.600. The molecule has 0 aliphatic heterocycles. The molecular weight excluding hydrogens is 196 g/mol. The average molecular weight is 218 g/mol. The molecule has 2 rings (SSSR count). The van der Waals surface area contributed by atoms with E-state index in [2.05, 4.69) is 38.1 Å². The minimum Gasteiger partial charge on any atom is -0.392 e. The second-order valence-electron chi connectivity index (χ2n) is 5.16. The Morgan fingerprint density at radius 3 is 2.88 bits per heavy atom. The molecule has 1 heteroatoms. The number of aliphatic hydroxyl groups is 1. The maximum absolute atomic E-state index is 10.3. The molecule has 1 aliphatic carbocycles. The molecule has 1 N–H and O–H groups in total. The summed E-state index contributed by atoms with van der Waals surface area (Å²) in [6.45, 7) is 4.42. The van der Waals surface area contributed by atoms with Crippen LogP contribution in [0.4, 0.5) is 0 Å². The first-order valence-corrected chi connectivity index (χ1v) is 6.48. The number of hydrogen-bond donors (Lipinski definition) is 1. The van der Waals surface area contributed by atoms with Crippen molar-refractivity contribution in [2.75, 3.05) is 0 Å². The van der Waals surface area contributed by atoms with E-state index in [9.17, 15) is 5.11 Å². The molecule has 0 radical (unpaired) electrons. The number of rotatable bonds is 4. The largest absolute Gasteiger partial charge is 0.392 e. The summed E-state index contributed by atoms with van der Waals surface area (Å²) in [5.41, 5.74) is 2.83. The van der Waals surface area contributed by atoms with Crippen molar-refractivity contribution in [1.82, 2.24) is 0 Å². The van der Waals surface area contributed by atoms with Gasteiger partial charge >= 0.3 is 0 Å². The summed E-state index contributed by atoms with van der Waals surface area (Å²) < 4.78 is 0. The van der Waals surface area contributed by atoms with Gasteiger partial charge in [0.2, 0.25) is 0 Å². The van der Waals surface area contributed by atoms with Crippen LogP contribution < -0.4 is 0 Å². The monoisotopic (exact) mass is 218 g/mol. The van der Waals surface area contributed by atoms with Crippen molar-refractivity contribution in [3.05, 3.63) is 35.4 Å². The van der Waals surface area contributed by atoms with Crippen molar-refractivity contribution in [3.63, 3.8) is 0 Å². The number of aliphatic hydroxyl groups excluding tert-OH is 1. The highest BCUT2D eigenvalue weighted by atomic mass is 16.3. The van der Waals surface area contributed by atoms with E-state index in [1.54, 1.807) is 0 Å². The second-order valence-corrected chi connectivity index (χ2v) is 5.16. The Morgan fingerprint density at radius 1 is 1.38 bits per heavy atom. The van der Waals surface area contributed by atoms with Crippen LogP contribution in [-0.4, -0.2) is 11.2 Å². The molecule has 16 heavy (non-hydrogen) atoms. The van der Waals surface area contributed by atoms with E-state index in [1.807, 2.05) is 0 Å². The molecule has 1 aliphatic rings. The molecule has 0 bridgehead atoms.